The van der Waals surface area contributed by atoms with Crippen molar-refractivity contribution in [3.8, 4) is 5.75 Å². The molecule has 1 heterocycles. The van der Waals surface area contributed by atoms with E-state index < -0.39 is 0 Å². The van der Waals surface area contributed by atoms with Crippen molar-refractivity contribution in [2.24, 2.45) is 0 Å². The molecule has 18 heavy (non-hydrogen) atoms. The second-order valence-electron chi connectivity index (χ2n) is 4.49. The van der Waals surface area contributed by atoms with E-state index in [9.17, 15) is 4.79 Å². The van der Waals surface area contributed by atoms with Crippen LogP contribution in [0.2, 0.25) is 0 Å². The molecule has 0 saturated carbocycles. The summed E-state index contributed by atoms with van der Waals surface area (Å²) >= 11 is 0. The van der Waals surface area contributed by atoms with Gasteiger partial charge in [-0.05, 0) is 37.1 Å². The van der Waals surface area contributed by atoms with Gasteiger partial charge in [-0.25, -0.2) is 4.79 Å². The van der Waals surface area contributed by atoms with Crippen molar-refractivity contribution in [2.75, 3.05) is 27.3 Å². The number of esters is 1. The summed E-state index contributed by atoms with van der Waals surface area (Å²) in [5, 5.41) is 3.39. The number of rotatable bonds is 3. The molecule has 98 valence electrons. The average molecular weight is 249 g/mol. The predicted molar refractivity (Wildman–Crippen MR) is 69.2 cm³/mol. The highest BCUT2D eigenvalue weighted by atomic mass is 16.5. The molecular formula is C14H19NO3. The molecule has 1 aromatic carbocycles. The molecule has 0 aromatic heterocycles. The molecule has 2 rings (SSSR count). The molecule has 1 N–H and O–H groups in total. The number of hydrogen-bond acceptors (Lipinski definition) is 4. The van der Waals surface area contributed by atoms with Crippen LogP contribution in [0.25, 0.3) is 0 Å². The first-order chi connectivity index (χ1) is 8.76. The predicted octanol–water partition coefficient (Wildman–Crippen LogP) is 1.95. The molecule has 0 aliphatic carbocycles. The third-order valence-electron chi connectivity index (χ3n) is 3.39. The molecule has 1 aromatic rings. The fourth-order valence-electron chi connectivity index (χ4n) is 2.41. The maximum atomic E-state index is 11.5. The second kappa shape index (κ2) is 5.87. The topological polar surface area (TPSA) is 47.6 Å². The van der Waals surface area contributed by atoms with E-state index in [4.69, 9.17) is 9.47 Å². The van der Waals surface area contributed by atoms with Crippen LogP contribution >= 0.6 is 0 Å². The van der Waals surface area contributed by atoms with E-state index in [1.165, 1.54) is 13.5 Å². The number of hydrogen-bond donors (Lipinski definition) is 1. The van der Waals surface area contributed by atoms with Crippen molar-refractivity contribution < 1.29 is 14.3 Å². The number of carbonyl (C=O) groups is 1. The molecule has 0 spiro atoms. The first-order valence-corrected chi connectivity index (χ1v) is 6.23. The van der Waals surface area contributed by atoms with Gasteiger partial charge >= 0.3 is 5.97 Å². The summed E-state index contributed by atoms with van der Waals surface area (Å²) in [6.45, 7) is 2.05. The van der Waals surface area contributed by atoms with Crippen LogP contribution in [0, 0.1) is 0 Å². The summed E-state index contributed by atoms with van der Waals surface area (Å²) in [7, 11) is 3.02. The van der Waals surface area contributed by atoms with Gasteiger partial charge in [0.15, 0.2) is 0 Å². The van der Waals surface area contributed by atoms with E-state index in [2.05, 4.69) is 5.32 Å². The summed E-state index contributed by atoms with van der Waals surface area (Å²) in [6, 6.07) is 5.54. The van der Waals surface area contributed by atoms with Crippen LogP contribution in [0.1, 0.15) is 34.7 Å². The Balaban J connectivity index is 2.27. The minimum atomic E-state index is -0.332. The maximum absolute atomic E-state index is 11.5. The zero-order chi connectivity index (χ0) is 13.0. The lowest BCUT2D eigenvalue weighted by Gasteiger charge is -2.24. The van der Waals surface area contributed by atoms with Crippen LogP contribution in [-0.2, 0) is 4.74 Å². The van der Waals surface area contributed by atoms with Crippen LogP contribution in [-0.4, -0.2) is 33.3 Å². The Morgan fingerprint density at radius 2 is 2.22 bits per heavy atom. The number of nitrogens with one attached hydrogen (secondary N) is 1. The van der Waals surface area contributed by atoms with Crippen LogP contribution in [0.15, 0.2) is 18.2 Å². The molecule has 0 radical (unpaired) electrons. The molecule has 1 fully saturated rings. The highest BCUT2D eigenvalue weighted by molar-refractivity contribution is 5.89. The van der Waals surface area contributed by atoms with E-state index in [-0.39, 0.29) is 5.97 Å². The Morgan fingerprint density at radius 3 is 2.83 bits per heavy atom. The number of ether oxygens (including phenoxy) is 2. The van der Waals surface area contributed by atoms with Gasteiger partial charge in [-0.15, -0.1) is 0 Å². The van der Waals surface area contributed by atoms with Crippen LogP contribution < -0.4 is 10.1 Å². The van der Waals surface area contributed by atoms with Crippen molar-refractivity contribution in [3.05, 3.63) is 29.3 Å². The zero-order valence-electron chi connectivity index (χ0n) is 10.9. The smallest absolute Gasteiger partial charge is 0.337 e. The average Bonchev–Trinajstić information content (AvgIpc) is 2.46. The van der Waals surface area contributed by atoms with Crippen molar-refractivity contribution in [2.45, 2.75) is 18.8 Å². The van der Waals surface area contributed by atoms with E-state index >= 15 is 0 Å². The highest BCUT2D eigenvalue weighted by Gasteiger charge is 2.20. The zero-order valence-corrected chi connectivity index (χ0v) is 10.9. The van der Waals surface area contributed by atoms with E-state index in [0.717, 1.165) is 30.8 Å². The van der Waals surface area contributed by atoms with E-state index in [1.54, 1.807) is 19.2 Å². The van der Waals surface area contributed by atoms with Gasteiger partial charge in [0.25, 0.3) is 0 Å². The third kappa shape index (κ3) is 2.64. The number of piperidine rings is 1. The fraction of sp³-hybridized carbons (Fsp3) is 0.500. The molecule has 4 nitrogen and oxygen atoms in total. The summed E-state index contributed by atoms with van der Waals surface area (Å²) in [5.74, 6) is 0.897. The standard InChI is InChI=1S/C14H19NO3/c1-17-13-8-10(14(16)18-2)5-6-12(13)11-4-3-7-15-9-11/h5-6,8,11,15H,3-4,7,9H2,1-2H3/t11-/m0/s1. The van der Waals surface area contributed by atoms with Crippen molar-refractivity contribution in [3.63, 3.8) is 0 Å². The van der Waals surface area contributed by atoms with Gasteiger partial charge in [-0.1, -0.05) is 6.07 Å². The highest BCUT2D eigenvalue weighted by Crippen LogP contribution is 2.31. The minimum Gasteiger partial charge on any atom is -0.496 e. The van der Waals surface area contributed by atoms with Gasteiger partial charge in [-0.2, -0.15) is 0 Å². The van der Waals surface area contributed by atoms with E-state index in [0.29, 0.717) is 11.5 Å². The molecule has 1 aliphatic heterocycles. The van der Waals surface area contributed by atoms with E-state index in [1.807, 2.05) is 6.07 Å². The monoisotopic (exact) mass is 249 g/mol. The normalized spacial score (nSPS) is 19.3. The van der Waals surface area contributed by atoms with Gasteiger partial charge in [0.2, 0.25) is 0 Å². The van der Waals surface area contributed by atoms with Crippen LogP contribution in [0.5, 0.6) is 5.75 Å². The third-order valence-corrected chi connectivity index (χ3v) is 3.39. The van der Waals surface area contributed by atoms with Crippen LogP contribution in [0.4, 0.5) is 0 Å². The summed E-state index contributed by atoms with van der Waals surface area (Å²) < 4.78 is 10.1. The Labute approximate surface area is 107 Å². The van der Waals surface area contributed by atoms with Gasteiger partial charge in [-0.3, -0.25) is 0 Å². The molecule has 1 atom stereocenters. The van der Waals surface area contributed by atoms with Crippen molar-refractivity contribution >= 4 is 5.97 Å². The lowest BCUT2D eigenvalue weighted by molar-refractivity contribution is 0.0600. The quantitative estimate of drug-likeness (QED) is 0.832. The molecule has 4 heteroatoms. The van der Waals surface area contributed by atoms with Gasteiger partial charge < -0.3 is 14.8 Å². The second-order valence-corrected chi connectivity index (χ2v) is 4.49. The van der Waals surface area contributed by atoms with Gasteiger partial charge in [0.05, 0.1) is 19.8 Å². The first-order valence-electron chi connectivity index (χ1n) is 6.23. The number of methoxy groups -OCH3 is 2. The summed E-state index contributed by atoms with van der Waals surface area (Å²) in [6.07, 6.45) is 2.33. The van der Waals surface area contributed by atoms with Crippen molar-refractivity contribution in [1.29, 1.82) is 0 Å². The van der Waals surface area contributed by atoms with Crippen molar-refractivity contribution in [1.82, 2.24) is 5.32 Å². The first kappa shape index (κ1) is 12.9. The number of carbonyl (C=O) groups excluding carboxylic acids is 1. The lowest BCUT2D eigenvalue weighted by Crippen LogP contribution is -2.28. The molecule has 1 aliphatic rings. The molecule has 1 saturated heterocycles. The molecule has 0 unspecified atom stereocenters. The summed E-state index contributed by atoms with van der Waals surface area (Å²) in [5.41, 5.74) is 1.69. The largest absolute Gasteiger partial charge is 0.496 e. The lowest BCUT2D eigenvalue weighted by atomic mass is 9.90. The van der Waals surface area contributed by atoms with Gasteiger partial charge in [0.1, 0.15) is 5.75 Å². The SMILES string of the molecule is COC(=O)c1ccc([C@H]2CCCNC2)c(OC)c1. The number of benzene rings is 1. The Morgan fingerprint density at radius 1 is 1.39 bits per heavy atom. The molecule has 0 amide bonds. The van der Waals surface area contributed by atoms with Gasteiger partial charge in [0, 0.05) is 12.5 Å². The maximum Gasteiger partial charge on any atom is 0.337 e. The summed E-state index contributed by atoms with van der Waals surface area (Å²) in [4.78, 5) is 11.5. The molecular weight excluding hydrogens is 230 g/mol. The Bertz CT molecular complexity index is 425. The minimum absolute atomic E-state index is 0.332. The Hall–Kier alpha value is -1.55. The molecule has 0 bridgehead atoms. The fourth-order valence-corrected chi connectivity index (χ4v) is 2.41. The van der Waals surface area contributed by atoms with Crippen LogP contribution in [0.3, 0.4) is 0 Å². The Kier molecular flexibility index (Phi) is 4.20.